The van der Waals surface area contributed by atoms with Gasteiger partial charge >= 0.3 is 0 Å². The number of ketones is 1. The van der Waals surface area contributed by atoms with Gasteiger partial charge in [0, 0.05) is 42.7 Å². The topological polar surface area (TPSA) is 123 Å². The molecule has 14 heteroatoms. The van der Waals surface area contributed by atoms with Gasteiger partial charge in [0.25, 0.3) is 5.92 Å². The van der Waals surface area contributed by atoms with Gasteiger partial charge in [-0.2, -0.15) is 5.10 Å². The number of hydrogen-bond donors (Lipinski definition) is 1. The number of alkyl halides is 2. The van der Waals surface area contributed by atoms with Crippen molar-refractivity contribution in [2.24, 2.45) is 0 Å². The molecular formula is C35H37F2N9O3. The molecule has 0 amide bonds. The third-order valence-corrected chi connectivity index (χ3v) is 9.07. The quantitative estimate of drug-likeness (QED) is 0.193. The minimum atomic E-state index is -3.10. The number of likely N-dealkylation sites (N-methyl/N-ethyl adjacent to an activating group) is 1. The number of anilines is 2. The molecule has 2 saturated heterocycles. The van der Waals surface area contributed by atoms with Crippen LogP contribution in [0, 0.1) is 6.92 Å². The van der Waals surface area contributed by atoms with Crippen molar-refractivity contribution in [3.05, 3.63) is 78.7 Å². The average molecular weight is 670 g/mol. The summed E-state index contributed by atoms with van der Waals surface area (Å²) >= 11 is 0. The molecule has 2 aliphatic heterocycles. The number of carbonyl (C=O) groups excluding carboxylic acids is 1. The van der Waals surface area contributed by atoms with Gasteiger partial charge in [-0.25, -0.2) is 33.2 Å². The van der Waals surface area contributed by atoms with Gasteiger partial charge in [-0.15, -0.1) is 0 Å². The molecule has 0 spiro atoms. The molecule has 5 aromatic rings. The molecule has 2 aliphatic rings. The summed E-state index contributed by atoms with van der Waals surface area (Å²) in [6, 6.07) is 10.9. The minimum Gasteiger partial charge on any atom is -0.483 e. The van der Waals surface area contributed by atoms with Gasteiger partial charge in [0.05, 0.1) is 17.4 Å². The van der Waals surface area contributed by atoms with E-state index in [1.807, 2.05) is 32.2 Å². The lowest BCUT2D eigenvalue weighted by molar-refractivity contribution is -0.135. The van der Waals surface area contributed by atoms with Crippen molar-refractivity contribution < 1.29 is 23.0 Å². The summed E-state index contributed by atoms with van der Waals surface area (Å²) in [6.07, 6.45) is 8.67. The standard InChI is InChI=1S/C35H37F2N9O3/c1-22-15-24(7-11-28(22)48-31-17-30-39-20-42-46(30)21-41-31)43-34-32-27(38-19-40-34)10-6-23(16-26(47)9-8-25-5-4-13-45(25)3)33(32)49-29-12-14-44(2)18-35(29,36)37/h6-11,15,17,19-21,25,29H,4-5,12-14,16,18H2,1-3H3,(H,38,40,43)/b9-8+/t25-,29-/m1/s1. The van der Waals surface area contributed by atoms with Crippen LogP contribution >= 0.6 is 0 Å². The van der Waals surface area contributed by atoms with Gasteiger partial charge in [-0.3, -0.25) is 9.69 Å². The third kappa shape index (κ3) is 7.06. The van der Waals surface area contributed by atoms with Crippen LogP contribution < -0.4 is 14.8 Å². The highest BCUT2D eigenvalue weighted by Gasteiger charge is 2.46. The van der Waals surface area contributed by atoms with Crippen LogP contribution in [-0.4, -0.2) is 96.9 Å². The largest absolute Gasteiger partial charge is 0.483 e. The molecule has 0 aliphatic carbocycles. The highest BCUT2D eigenvalue weighted by atomic mass is 19.3. The average Bonchev–Trinajstić information content (AvgIpc) is 3.71. The molecule has 2 fully saturated rings. The Morgan fingerprint density at radius 2 is 1.94 bits per heavy atom. The summed E-state index contributed by atoms with van der Waals surface area (Å²) in [5.74, 6) is -1.75. The normalized spacial score (nSPS) is 19.9. The number of piperidine rings is 1. The Balaban J connectivity index is 1.20. The van der Waals surface area contributed by atoms with Gasteiger partial charge in [0.15, 0.2) is 17.5 Å². The number of carbonyl (C=O) groups is 1. The van der Waals surface area contributed by atoms with Crippen molar-refractivity contribution in [3.63, 3.8) is 0 Å². The zero-order valence-electron chi connectivity index (χ0n) is 27.5. The molecule has 0 saturated carbocycles. The third-order valence-electron chi connectivity index (χ3n) is 9.07. The summed E-state index contributed by atoms with van der Waals surface area (Å²) in [4.78, 5) is 34.4. The van der Waals surface area contributed by atoms with Crippen LogP contribution in [0.4, 0.5) is 20.3 Å². The summed E-state index contributed by atoms with van der Waals surface area (Å²) in [6.45, 7) is 2.91. The predicted octanol–water partition coefficient (Wildman–Crippen LogP) is 5.39. The first kappa shape index (κ1) is 32.5. The van der Waals surface area contributed by atoms with Crippen LogP contribution in [0.25, 0.3) is 16.6 Å². The van der Waals surface area contributed by atoms with E-state index < -0.39 is 18.6 Å². The number of aromatic nitrogens is 6. The second-order valence-electron chi connectivity index (χ2n) is 12.8. The van der Waals surface area contributed by atoms with Crippen molar-refractivity contribution in [1.82, 2.24) is 39.3 Å². The van der Waals surface area contributed by atoms with Gasteiger partial charge < -0.3 is 19.7 Å². The van der Waals surface area contributed by atoms with E-state index in [4.69, 9.17) is 9.47 Å². The van der Waals surface area contributed by atoms with Crippen molar-refractivity contribution in [3.8, 4) is 17.4 Å². The number of nitrogens with zero attached hydrogens (tertiary/aromatic N) is 8. The Morgan fingerprint density at radius 1 is 1.06 bits per heavy atom. The lowest BCUT2D eigenvalue weighted by Crippen LogP contribution is -2.52. The van der Waals surface area contributed by atoms with E-state index in [0.29, 0.717) is 51.8 Å². The van der Waals surface area contributed by atoms with Crippen molar-refractivity contribution in [1.29, 1.82) is 0 Å². The number of fused-ring (bicyclic) bond motifs is 2. The highest BCUT2D eigenvalue weighted by Crippen LogP contribution is 2.40. The number of aryl methyl sites for hydroxylation is 1. The Bertz CT molecular complexity index is 2030. The molecule has 0 unspecified atom stereocenters. The van der Waals surface area contributed by atoms with Crippen molar-refractivity contribution in [2.45, 2.75) is 50.7 Å². The lowest BCUT2D eigenvalue weighted by Gasteiger charge is -2.37. The number of ether oxygens (including phenoxy) is 2. The molecule has 2 atom stereocenters. The number of rotatable bonds is 10. The Morgan fingerprint density at radius 3 is 2.73 bits per heavy atom. The molecular weight excluding hydrogens is 632 g/mol. The van der Waals surface area contributed by atoms with Crippen LogP contribution in [0.15, 0.2) is 67.5 Å². The maximum atomic E-state index is 15.4. The van der Waals surface area contributed by atoms with Crippen LogP contribution in [0.2, 0.25) is 0 Å². The second kappa shape index (κ2) is 13.4. The SMILES string of the molecule is Cc1cc(Nc2ncnc3ccc(CC(=O)/C=C/[C@H]4CCCN4C)c(O[C@@H]4CCN(C)CC4(F)F)c23)ccc1Oc1cc2ncnn2cn1. The maximum absolute atomic E-state index is 15.4. The second-order valence-corrected chi connectivity index (χ2v) is 12.8. The molecule has 0 radical (unpaired) electrons. The molecule has 49 heavy (non-hydrogen) atoms. The van der Waals surface area contributed by atoms with Crippen LogP contribution in [0.1, 0.15) is 30.4 Å². The zero-order chi connectivity index (χ0) is 34.1. The summed E-state index contributed by atoms with van der Waals surface area (Å²) in [7, 11) is 3.71. The summed E-state index contributed by atoms with van der Waals surface area (Å²) in [5, 5.41) is 7.80. The number of allylic oxidation sites excluding steroid dienone is 1. The molecule has 5 heterocycles. The Kier molecular flexibility index (Phi) is 8.90. The number of halogens is 2. The lowest BCUT2D eigenvalue weighted by atomic mass is 10.0. The molecule has 12 nitrogen and oxygen atoms in total. The molecule has 3 aromatic heterocycles. The van der Waals surface area contributed by atoms with E-state index in [-0.39, 0.29) is 30.4 Å². The maximum Gasteiger partial charge on any atom is 0.296 e. The van der Waals surface area contributed by atoms with Crippen molar-refractivity contribution in [2.75, 3.05) is 39.0 Å². The molecule has 0 bridgehead atoms. The highest BCUT2D eigenvalue weighted by molar-refractivity contribution is 5.99. The van der Waals surface area contributed by atoms with E-state index in [9.17, 15) is 4.79 Å². The Hall–Kier alpha value is -5.08. The summed E-state index contributed by atoms with van der Waals surface area (Å²) < 4.78 is 44.5. The van der Waals surface area contributed by atoms with E-state index >= 15 is 8.78 Å². The molecule has 254 valence electrons. The van der Waals surface area contributed by atoms with Crippen LogP contribution in [0.5, 0.6) is 17.4 Å². The number of hydrogen-bond acceptors (Lipinski definition) is 11. The van der Waals surface area contributed by atoms with E-state index in [1.54, 1.807) is 42.3 Å². The van der Waals surface area contributed by atoms with Gasteiger partial charge in [-0.05, 0) is 76.3 Å². The predicted molar refractivity (Wildman–Crippen MR) is 180 cm³/mol. The smallest absolute Gasteiger partial charge is 0.296 e. The van der Waals surface area contributed by atoms with Gasteiger partial charge in [-0.1, -0.05) is 12.1 Å². The molecule has 1 N–H and O–H groups in total. The first-order valence-corrected chi connectivity index (χ1v) is 16.2. The monoisotopic (exact) mass is 669 g/mol. The van der Waals surface area contributed by atoms with E-state index in [2.05, 4.69) is 35.3 Å². The van der Waals surface area contributed by atoms with Crippen molar-refractivity contribution >= 4 is 33.8 Å². The van der Waals surface area contributed by atoms with E-state index in [1.165, 1.54) is 23.5 Å². The number of benzene rings is 2. The number of nitrogens with one attached hydrogen (secondary N) is 1. The fourth-order valence-corrected chi connectivity index (χ4v) is 6.41. The van der Waals surface area contributed by atoms with Gasteiger partial charge in [0.1, 0.15) is 36.3 Å². The first-order chi connectivity index (χ1) is 23.6. The fraction of sp³-hybridized carbons (Fsp3) is 0.371. The number of likely N-dealkylation sites (tertiary alicyclic amines) is 2. The zero-order valence-corrected chi connectivity index (χ0v) is 27.5. The molecule has 2 aromatic carbocycles. The van der Waals surface area contributed by atoms with E-state index in [0.717, 1.165) is 24.9 Å². The van der Waals surface area contributed by atoms with Crippen LogP contribution in [-0.2, 0) is 11.2 Å². The Labute approximate surface area is 281 Å². The fourth-order valence-electron chi connectivity index (χ4n) is 6.41. The summed E-state index contributed by atoms with van der Waals surface area (Å²) in [5.41, 5.74) is 3.07. The van der Waals surface area contributed by atoms with Gasteiger partial charge in [0.2, 0.25) is 5.88 Å². The first-order valence-electron chi connectivity index (χ1n) is 16.2. The van der Waals surface area contributed by atoms with Crippen LogP contribution in [0.3, 0.4) is 0 Å². The molecule has 7 rings (SSSR count). The minimum absolute atomic E-state index is 0.0233.